The van der Waals surface area contributed by atoms with Crippen molar-refractivity contribution >= 4 is 5.97 Å². The maximum absolute atomic E-state index is 11.8. The highest BCUT2D eigenvalue weighted by atomic mass is 16.5. The summed E-state index contributed by atoms with van der Waals surface area (Å²) in [5, 5.41) is 0. The van der Waals surface area contributed by atoms with Crippen molar-refractivity contribution in [2.24, 2.45) is 11.1 Å². The topological polar surface area (TPSA) is 52.3 Å². The van der Waals surface area contributed by atoms with Crippen molar-refractivity contribution in [3.63, 3.8) is 0 Å². The summed E-state index contributed by atoms with van der Waals surface area (Å²) in [6.07, 6.45) is 4.71. The van der Waals surface area contributed by atoms with Crippen LogP contribution in [0.15, 0.2) is 0 Å². The maximum atomic E-state index is 11.8. The number of unbranched alkanes of at least 4 members (excludes halogenated alkanes) is 1. The number of hydrogen-bond acceptors (Lipinski definition) is 3. The van der Waals surface area contributed by atoms with E-state index >= 15 is 0 Å². The summed E-state index contributed by atoms with van der Waals surface area (Å²) in [4.78, 5) is 11.8. The molecule has 0 fully saturated rings. The normalized spacial score (nSPS) is 14.7. The summed E-state index contributed by atoms with van der Waals surface area (Å²) < 4.78 is 5.22. The third kappa shape index (κ3) is 5.17. The van der Waals surface area contributed by atoms with Gasteiger partial charge in [0.25, 0.3) is 0 Å². The molecule has 0 aliphatic carbocycles. The van der Waals surface area contributed by atoms with Gasteiger partial charge in [-0.1, -0.05) is 26.7 Å². The van der Waals surface area contributed by atoms with Gasteiger partial charge in [0, 0.05) is 0 Å². The van der Waals surface area contributed by atoms with E-state index in [9.17, 15) is 4.79 Å². The second-order valence-electron chi connectivity index (χ2n) is 4.30. The van der Waals surface area contributed by atoms with Gasteiger partial charge < -0.3 is 10.5 Å². The molecule has 3 heteroatoms. The summed E-state index contributed by atoms with van der Waals surface area (Å²) in [6.45, 7) is 7.20. The number of carbonyl (C=O) groups excluding carboxylic acids is 1. The highest BCUT2D eigenvalue weighted by molar-refractivity contribution is 5.76. The van der Waals surface area contributed by atoms with E-state index in [0.717, 1.165) is 32.1 Å². The van der Waals surface area contributed by atoms with Crippen LogP contribution in [0.4, 0.5) is 0 Å². The van der Waals surface area contributed by atoms with Crippen molar-refractivity contribution in [3.05, 3.63) is 0 Å². The van der Waals surface area contributed by atoms with E-state index in [1.807, 2.05) is 13.8 Å². The van der Waals surface area contributed by atoms with Crippen LogP contribution in [0, 0.1) is 5.41 Å². The molecular formula is C12H25NO2. The van der Waals surface area contributed by atoms with Crippen LogP contribution in [0.2, 0.25) is 0 Å². The van der Waals surface area contributed by atoms with Crippen molar-refractivity contribution in [2.75, 3.05) is 13.2 Å². The fourth-order valence-corrected chi connectivity index (χ4v) is 1.41. The number of nitrogens with two attached hydrogens (primary N) is 1. The minimum Gasteiger partial charge on any atom is -0.465 e. The lowest BCUT2D eigenvalue weighted by molar-refractivity contribution is -0.155. The molecule has 0 amide bonds. The van der Waals surface area contributed by atoms with E-state index in [4.69, 9.17) is 10.5 Å². The number of rotatable bonds is 8. The number of ether oxygens (including phenoxy) is 1. The Labute approximate surface area is 93.4 Å². The van der Waals surface area contributed by atoms with E-state index < -0.39 is 0 Å². The monoisotopic (exact) mass is 215 g/mol. The highest BCUT2D eigenvalue weighted by Crippen LogP contribution is 2.29. The molecule has 0 rings (SSSR count). The Bertz CT molecular complexity index is 182. The van der Waals surface area contributed by atoms with Crippen LogP contribution in [0.1, 0.15) is 52.9 Å². The largest absolute Gasteiger partial charge is 0.465 e. The van der Waals surface area contributed by atoms with Crippen LogP contribution in [0.3, 0.4) is 0 Å². The van der Waals surface area contributed by atoms with E-state index in [0.29, 0.717) is 13.2 Å². The van der Waals surface area contributed by atoms with Gasteiger partial charge in [0.05, 0.1) is 12.0 Å². The van der Waals surface area contributed by atoms with Gasteiger partial charge in [-0.15, -0.1) is 0 Å². The molecule has 0 saturated carbocycles. The molecule has 0 radical (unpaired) electrons. The first-order valence-electron chi connectivity index (χ1n) is 5.98. The van der Waals surface area contributed by atoms with Gasteiger partial charge in [0.15, 0.2) is 0 Å². The van der Waals surface area contributed by atoms with Crippen molar-refractivity contribution in [1.82, 2.24) is 0 Å². The average Bonchev–Trinajstić information content (AvgIpc) is 2.26. The number of carbonyl (C=O) groups is 1. The smallest absolute Gasteiger partial charge is 0.311 e. The fourth-order valence-electron chi connectivity index (χ4n) is 1.41. The molecule has 0 aromatic rings. The van der Waals surface area contributed by atoms with E-state index in [1.54, 1.807) is 0 Å². The Morgan fingerprint density at radius 3 is 2.47 bits per heavy atom. The Morgan fingerprint density at radius 2 is 2.00 bits per heavy atom. The zero-order valence-corrected chi connectivity index (χ0v) is 10.3. The van der Waals surface area contributed by atoms with Gasteiger partial charge in [-0.25, -0.2) is 0 Å². The molecule has 0 aliphatic rings. The Hall–Kier alpha value is -0.570. The van der Waals surface area contributed by atoms with Crippen LogP contribution < -0.4 is 5.73 Å². The molecule has 0 saturated heterocycles. The zero-order chi connectivity index (χ0) is 11.7. The number of esters is 1. The van der Waals surface area contributed by atoms with Gasteiger partial charge in [-0.05, 0) is 32.7 Å². The van der Waals surface area contributed by atoms with Crippen molar-refractivity contribution in [2.45, 2.75) is 52.9 Å². The first-order valence-corrected chi connectivity index (χ1v) is 5.98. The Kier molecular flexibility index (Phi) is 7.39. The van der Waals surface area contributed by atoms with Gasteiger partial charge in [-0.3, -0.25) is 4.79 Å². The predicted molar refractivity (Wildman–Crippen MR) is 62.6 cm³/mol. The van der Waals surface area contributed by atoms with Crippen molar-refractivity contribution in [3.8, 4) is 0 Å². The van der Waals surface area contributed by atoms with Gasteiger partial charge >= 0.3 is 5.97 Å². The molecule has 2 N–H and O–H groups in total. The predicted octanol–water partition coefficient (Wildman–Crippen LogP) is 2.48. The third-order valence-corrected chi connectivity index (χ3v) is 2.94. The van der Waals surface area contributed by atoms with Gasteiger partial charge in [-0.2, -0.15) is 0 Å². The van der Waals surface area contributed by atoms with Crippen molar-refractivity contribution < 1.29 is 9.53 Å². The maximum Gasteiger partial charge on any atom is 0.311 e. The first kappa shape index (κ1) is 14.4. The summed E-state index contributed by atoms with van der Waals surface area (Å²) in [5.74, 6) is -0.0631. The number of hydrogen-bond donors (Lipinski definition) is 1. The zero-order valence-electron chi connectivity index (χ0n) is 10.3. The molecule has 3 nitrogen and oxygen atoms in total. The molecule has 1 unspecified atom stereocenters. The summed E-state index contributed by atoms with van der Waals surface area (Å²) in [5.41, 5.74) is 5.04. The van der Waals surface area contributed by atoms with Crippen LogP contribution in [0.5, 0.6) is 0 Å². The molecule has 0 aromatic carbocycles. The van der Waals surface area contributed by atoms with Crippen LogP contribution >= 0.6 is 0 Å². The fraction of sp³-hybridized carbons (Fsp3) is 0.917. The lowest BCUT2D eigenvalue weighted by atomic mass is 9.82. The van der Waals surface area contributed by atoms with E-state index in [-0.39, 0.29) is 11.4 Å². The Morgan fingerprint density at radius 1 is 1.33 bits per heavy atom. The molecule has 90 valence electrons. The van der Waals surface area contributed by atoms with Crippen molar-refractivity contribution in [1.29, 1.82) is 0 Å². The minimum atomic E-state index is -0.301. The lowest BCUT2D eigenvalue weighted by Gasteiger charge is -2.25. The third-order valence-electron chi connectivity index (χ3n) is 2.94. The van der Waals surface area contributed by atoms with Gasteiger partial charge in [0.2, 0.25) is 0 Å². The second kappa shape index (κ2) is 7.69. The summed E-state index contributed by atoms with van der Waals surface area (Å²) in [6, 6.07) is 0. The molecule has 0 bridgehead atoms. The quantitative estimate of drug-likeness (QED) is 0.500. The average molecular weight is 215 g/mol. The molecule has 0 spiro atoms. The molecule has 0 aromatic heterocycles. The second-order valence-corrected chi connectivity index (χ2v) is 4.30. The van der Waals surface area contributed by atoms with Crippen LogP contribution in [-0.2, 0) is 9.53 Å². The van der Waals surface area contributed by atoms with Gasteiger partial charge in [0.1, 0.15) is 0 Å². The lowest BCUT2D eigenvalue weighted by Crippen LogP contribution is -2.29. The van der Waals surface area contributed by atoms with E-state index in [1.165, 1.54) is 0 Å². The first-order chi connectivity index (χ1) is 7.10. The molecule has 1 atom stereocenters. The standard InChI is InChI=1S/C12H25NO2/c1-4-6-8-12(3,5-2)11(14)15-10-7-9-13/h4-10,13H2,1-3H3. The SMILES string of the molecule is CCCCC(C)(CC)C(=O)OCCCN. The summed E-state index contributed by atoms with van der Waals surface area (Å²) in [7, 11) is 0. The highest BCUT2D eigenvalue weighted by Gasteiger charge is 2.31. The van der Waals surface area contributed by atoms with Crippen LogP contribution in [0.25, 0.3) is 0 Å². The molecule has 0 aliphatic heterocycles. The van der Waals surface area contributed by atoms with E-state index in [2.05, 4.69) is 6.92 Å². The molecule has 15 heavy (non-hydrogen) atoms. The minimum absolute atomic E-state index is 0.0631. The molecule has 0 heterocycles. The molecular weight excluding hydrogens is 190 g/mol. The Balaban J connectivity index is 4.06. The summed E-state index contributed by atoms with van der Waals surface area (Å²) >= 11 is 0. The van der Waals surface area contributed by atoms with Crippen LogP contribution in [-0.4, -0.2) is 19.1 Å².